The summed E-state index contributed by atoms with van der Waals surface area (Å²) in [5, 5.41) is 0.655. The van der Waals surface area contributed by atoms with Gasteiger partial charge in [0.15, 0.2) is 5.65 Å². The molecular weight excluding hydrogens is 390 g/mol. The molecule has 1 saturated heterocycles. The summed E-state index contributed by atoms with van der Waals surface area (Å²) >= 11 is 0. The number of pyridine rings is 1. The van der Waals surface area contributed by atoms with Gasteiger partial charge in [-0.1, -0.05) is 18.2 Å². The zero-order chi connectivity index (χ0) is 21.2. The van der Waals surface area contributed by atoms with Gasteiger partial charge in [0.1, 0.15) is 5.82 Å². The highest BCUT2D eigenvalue weighted by Gasteiger charge is 2.20. The maximum absolute atomic E-state index is 13.2. The fourth-order valence-corrected chi connectivity index (χ4v) is 4.15. The Labute approximate surface area is 180 Å². The van der Waals surface area contributed by atoms with Crippen LogP contribution in [0.2, 0.25) is 0 Å². The van der Waals surface area contributed by atoms with Gasteiger partial charge in [-0.2, -0.15) is 0 Å². The summed E-state index contributed by atoms with van der Waals surface area (Å²) < 4.78 is 3.78. The normalized spacial score (nSPS) is 14.9. The van der Waals surface area contributed by atoms with Gasteiger partial charge in [-0.25, -0.2) is 14.6 Å². The topological polar surface area (TPSA) is 72.1 Å². The molecule has 0 N–H and O–H groups in total. The van der Waals surface area contributed by atoms with Gasteiger partial charge in [-0.3, -0.25) is 19.4 Å². The number of rotatable bonds is 5. The Bertz CT molecular complexity index is 1230. The first-order valence-corrected chi connectivity index (χ1v) is 10.6. The molecule has 0 unspecified atom stereocenters. The average Bonchev–Trinajstić information content (AvgIpc) is 3.10. The molecular formula is C23H25N7O. The van der Waals surface area contributed by atoms with Crippen molar-refractivity contribution in [3.8, 4) is 5.69 Å². The molecule has 31 heavy (non-hydrogen) atoms. The Morgan fingerprint density at radius 1 is 0.935 bits per heavy atom. The molecule has 0 aliphatic carbocycles. The van der Waals surface area contributed by atoms with Crippen molar-refractivity contribution in [1.82, 2.24) is 29.2 Å². The lowest BCUT2D eigenvalue weighted by molar-refractivity contribution is 0.242. The number of hydrogen-bond donors (Lipinski definition) is 0. The number of benzene rings is 1. The van der Waals surface area contributed by atoms with E-state index in [1.807, 2.05) is 60.3 Å². The van der Waals surface area contributed by atoms with E-state index in [-0.39, 0.29) is 5.56 Å². The monoisotopic (exact) mass is 415 g/mol. The molecule has 0 saturated carbocycles. The third-order valence-electron chi connectivity index (χ3n) is 5.80. The molecule has 1 aliphatic rings. The second-order valence-corrected chi connectivity index (χ2v) is 7.79. The molecule has 4 heterocycles. The van der Waals surface area contributed by atoms with Crippen LogP contribution >= 0.6 is 0 Å². The van der Waals surface area contributed by atoms with Crippen molar-refractivity contribution in [2.75, 3.05) is 37.6 Å². The molecule has 8 nitrogen and oxygen atoms in total. The van der Waals surface area contributed by atoms with Gasteiger partial charge >= 0.3 is 0 Å². The van der Waals surface area contributed by atoms with E-state index >= 15 is 0 Å². The molecule has 5 rings (SSSR count). The van der Waals surface area contributed by atoms with Crippen molar-refractivity contribution in [2.24, 2.45) is 0 Å². The molecule has 0 amide bonds. The van der Waals surface area contributed by atoms with Crippen LogP contribution in [-0.4, -0.2) is 61.9 Å². The van der Waals surface area contributed by atoms with Crippen molar-refractivity contribution in [1.29, 1.82) is 0 Å². The van der Waals surface area contributed by atoms with E-state index in [2.05, 4.69) is 19.8 Å². The fraction of sp³-hybridized carbons (Fsp3) is 0.304. The smallest absolute Gasteiger partial charge is 0.280 e. The first-order chi connectivity index (χ1) is 15.2. The van der Waals surface area contributed by atoms with Crippen molar-refractivity contribution in [3.63, 3.8) is 0 Å². The van der Waals surface area contributed by atoms with Gasteiger partial charge in [0.25, 0.3) is 5.56 Å². The van der Waals surface area contributed by atoms with Crippen LogP contribution in [0.15, 0.2) is 65.8 Å². The number of aryl methyl sites for hydroxylation is 1. The lowest BCUT2D eigenvalue weighted by atomic mass is 10.3. The largest absolute Gasteiger partial charge is 0.353 e. The predicted molar refractivity (Wildman–Crippen MR) is 121 cm³/mol. The van der Waals surface area contributed by atoms with Gasteiger partial charge in [-0.05, 0) is 31.2 Å². The molecule has 1 aromatic carbocycles. The summed E-state index contributed by atoms with van der Waals surface area (Å²) in [4.78, 5) is 31.1. The third-order valence-corrected chi connectivity index (χ3v) is 5.80. The zero-order valence-electron chi connectivity index (χ0n) is 17.6. The molecule has 8 heteroatoms. The Balaban J connectivity index is 1.38. The minimum atomic E-state index is -0.0267. The van der Waals surface area contributed by atoms with Gasteiger partial charge in [0, 0.05) is 50.8 Å². The van der Waals surface area contributed by atoms with Crippen LogP contribution in [-0.2, 0) is 6.54 Å². The minimum Gasteiger partial charge on any atom is -0.353 e. The number of nitrogens with zero attached hydrogens (tertiary/aromatic N) is 7. The van der Waals surface area contributed by atoms with Crippen molar-refractivity contribution >= 4 is 16.9 Å². The van der Waals surface area contributed by atoms with Gasteiger partial charge in [-0.15, -0.1) is 0 Å². The third kappa shape index (κ3) is 3.82. The van der Waals surface area contributed by atoms with E-state index in [0.717, 1.165) is 55.6 Å². The van der Waals surface area contributed by atoms with Crippen LogP contribution in [0.5, 0.6) is 0 Å². The van der Waals surface area contributed by atoms with E-state index in [1.165, 1.54) is 0 Å². The summed E-state index contributed by atoms with van der Waals surface area (Å²) in [5.41, 5.74) is 2.48. The molecule has 1 fully saturated rings. The van der Waals surface area contributed by atoms with Crippen molar-refractivity contribution < 1.29 is 0 Å². The predicted octanol–water partition coefficient (Wildman–Crippen LogP) is 2.11. The highest BCUT2D eigenvalue weighted by atomic mass is 16.1. The number of para-hydroxylation sites is 1. The highest BCUT2D eigenvalue weighted by Crippen LogP contribution is 2.16. The van der Waals surface area contributed by atoms with E-state index < -0.39 is 0 Å². The van der Waals surface area contributed by atoms with Gasteiger partial charge in [0.2, 0.25) is 0 Å². The number of fused-ring (bicyclic) bond motifs is 1. The van der Waals surface area contributed by atoms with Crippen LogP contribution in [0.3, 0.4) is 0 Å². The second kappa shape index (κ2) is 8.31. The van der Waals surface area contributed by atoms with E-state index in [4.69, 9.17) is 4.98 Å². The number of hydrogen-bond acceptors (Lipinski definition) is 6. The summed E-state index contributed by atoms with van der Waals surface area (Å²) in [6.45, 7) is 7.20. The summed E-state index contributed by atoms with van der Waals surface area (Å²) in [6.07, 6.45) is 5.24. The van der Waals surface area contributed by atoms with Crippen LogP contribution < -0.4 is 10.5 Å². The van der Waals surface area contributed by atoms with E-state index in [1.54, 1.807) is 17.1 Å². The highest BCUT2D eigenvalue weighted by molar-refractivity contribution is 5.75. The van der Waals surface area contributed by atoms with Crippen LogP contribution in [0.1, 0.15) is 5.69 Å². The molecule has 0 bridgehead atoms. The van der Waals surface area contributed by atoms with E-state index in [0.29, 0.717) is 11.9 Å². The van der Waals surface area contributed by atoms with E-state index in [9.17, 15) is 4.79 Å². The van der Waals surface area contributed by atoms with Gasteiger partial charge in [0.05, 0.1) is 23.8 Å². The molecule has 1 aliphatic heterocycles. The Hall–Kier alpha value is -3.52. The summed E-state index contributed by atoms with van der Waals surface area (Å²) in [6, 6.07) is 13.6. The Kier molecular flexibility index (Phi) is 5.21. The molecule has 4 aromatic rings. The number of aromatic nitrogens is 5. The minimum absolute atomic E-state index is 0.0267. The molecule has 3 aromatic heterocycles. The first-order valence-electron chi connectivity index (χ1n) is 10.6. The lowest BCUT2D eigenvalue weighted by Crippen LogP contribution is -2.47. The van der Waals surface area contributed by atoms with Crippen LogP contribution in [0.25, 0.3) is 16.7 Å². The van der Waals surface area contributed by atoms with Crippen LogP contribution in [0.4, 0.5) is 5.82 Å². The average molecular weight is 416 g/mol. The standard InChI is InChI=1S/C23H25N7O/c1-18-7-8-20-22(26-18)29(30(23(20)31)19-5-3-2-4-6-19)16-13-27-11-14-28(15-12-27)21-17-24-9-10-25-21/h2-10,17H,11-16H2,1H3. The lowest BCUT2D eigenvalue weighted by Gasteiger charge is -2.35. The van der Waals surface area contributed by atoms with Crippen molar-refractivity contribution in [2.45, 2.75) is 13.5 Å². The molecule has 0 spiro atoms. The number of piperazine rings is 1. The summed E-state index contributed by atoms with van der Waals surface area (Å²) in [7, 11) is 0. The maximum Gasteiger partial charge on any atom is 0.280 e. The molecule has 0 radical (unpaired) electrons. The van der Waals surface area contributed by atoms with Gasteiger partial charge < -0.3 is 4.90 Å². The maximum atomic E-state index is 13.2. The van der Waals surface area contributed by atoms with Crippen molar-refractivity contribution in [3.05, 3.63) is 77.1 Å². The fourth-order valence-electron chi connectivity index (χ4n) is 4.15. The zero-order valence-corrected chi connectivity index (χ0v) is 17.6. The number of anilines is 1. The Morgan fingerprint density at radius 2 is 1.74 bits per heavy atom. The second-order valence-electron chi connectivity index (χ2n) is 7.79. The molecule has 0 atom stereocenters. The SMILES string of the molecule is Cc1ccc2c(=O)n(-c3ccccc3)n(CCN3CCN(c4cnccn4)CC3)c2n1. The summed E-state index contributed by atoms with van der Waals surface area (Å²) in [5.74, 6) is 0.927. The Morgan fingerprint density at radius 3 is 2.48 bits per heavy atom. The molecule has 158 valence electrons. The quantitative estimate of drug-likeness (QED) is 0.497. The van der Waals surface area contributed by atoms with Crippen LogP contribution in [0, 0.1) is 6.92 Å². The first kappa shape index (κ1) is 19.4.